The van der Waals surface area contributed by atoms with E-state index in [9.17, 15) is 13.2 Å². The molecule has 4 heterocycles. The average Bonchev–Trinajstić information content (AvgIpc) is 3.41. The summed E-state index contributed by atoms with van der Waals surface area (Å²) in [6, 6.07) is 11.4. The van der Waals surface area contributed by atoms with Crippen LogP contribution in [0.4, 0.5) is 5.69 Å². The Labute approximate surface area is 298 Å². The van der Waals surface area contributed by atoms with Gasteiger partial charge >= 0.3 is 0 Å². The number of aryl methyl sites for hydroxylation is 1. The van der Waals surface area contributed by atoms with E-state index in [4.69, 9.17) is 16.3 Å². The quantitative estimate of drug-likeness (QED) is 0.369. The number of nitrogens with one attached hydrogen (secondary N) is 1. The predicted octanol–water partition coefficient (Wildman–Crippen LogP) is 6.75. The first-order valence-corrected chi connectivity index (χ1v) is 20.7. The van der Waals surface area contributed by atoms with Crippen LogP contribution >= 0.6 is 11.6 Å². The summed E-state index contributed by atoms with van der Waals surface area (Å²) in [6.45, 7) is 10.6. The highest BCUT2D eigenvalue weighted by Gasteiger charge is 2.49. The predicted molar refractivity (Wildman–Crippen MR) is 197 cm³/mol. The van der Waals surface area contributed by atoms with Crippen LogP contribution in [0.25, 0.3) is 0 Å². The number of anilines is 1. The number of likely N-dealkylation sites (N-methyl/N-ethyl adjacent to an activating group) is 1. The van der Waals surface area contributed by atoms with Gasteiger partial charge in [-0.05, 0) is 143 Å². The Morgan fingerprint density at radius 2 is 1.80 bits per heavy atom. The van der Waals surface area contributed by atoms with Crippen molar-refractivity contribution in [2.45, 2.75) is 95.5 Å². The number of halogens is 1. The summed E-state index contributed by atoms with van der Waals surface area (Å²) >= 11 is 6.39. The summed E-state index contributed by atoms with van der Waals surface area (Å²) < 4.78 is 36.0. The van der Waals surface area contributed by atoms with Crippen LogP contribution in [0.15, 0.2) is 36.4 Å². The molecule has 1 spiro atoms. The molecule has 7 rings (SSSR count). The molecule has 2 aromatic rings. The molecule has 2 bridgehead atoms. The molecule has 268 valence electrons. The van der Waals surface area contributed by atoms with Gasteiger partial charge in [0.05, 0.1) is 10.9 Å². The van der Waals surface area contributed by atoms with Gasteiger partial charge in [0.2, 0.25) is 10.0 Å². The van der Waals surface area contributed by atoms with E-state index in [1.165, 1.54) is 50.9 Å². The van der Waals surface area contributed by atoms with E-state index in [2.05, 4.69) is 38.6 Å². The first-order chi connectivity index (χ1) is 23.5. The third-order valence-electron chi connectivity index (χ3n) is 13.0. The van der Waals surface area contributed by atoms with Crippen LogP contribution in [0.5, 0.6) is 5.75 Å². The Morgan fingerprint density at radius 1 is 0.959 bits per heavy atom. The van der Waals surface area contributed by atoms with Crippen molar-refractivity contribution in [2.75, 3.05) is 51.2 Å². The zero-order valence-corrected chi connectivity index (χ0v) is 31.2. The van der Waals surface area contributed by atoms with Gasteiger partial charge in [-0.3, -0.25) is 14.6 Å². The van der Waals surface area contributed by atoms with Gasteiger partial charge in [0.25, 0.3) is 5.91 Å². The summed E-state index contributed by atoms with van der Waals surface area (Å²) in [7, 11) is -1.56. The van der Waals surface area contributed by atoms with Crippen molar-refractivity contribution in [1.29, 1.82) is 0 Å². The first kappa shape index (κ1) is 35.1. The van der Waals surface area contributed by atoms with Gasteiger partial charge in [0, 0.05) is 48.8 Å². The number of ether oxygens (including phenoxy) is 1. The van der Waals surface area contributed by atoms with E-state index in [-0.39, 0.29) is 5.92 Å². The van der Waals surface area contributed by atoms with Crippen molar-refractivity contribution < 1.29 is 17.9 Å². The van der Waals surface area contributed by atoms with Crippen LogP contribution in [0.2, 0.25) is 5.02 Å². The lowest BCUT2D eigenvalue weighted by atomic mass is 9.65. The van der Waals surface area contributed by atoms with Gasteiger partial charge in [-0.1, -0.05) is 31.0 Å². The molecule has 0 radical (unpaired) electrons. The van der Waals surface area contributed by atoms with E-state index in [0.29, 0.717) is 35.5 Å². The molecule has 1 aliphatic carbocycles. The van der Waals surface area contributed by atoms with Crippen molar-refractivity contribution in [2.24, 2.45) is 23.7 Å². The second kappa shape index (κ2) is 14.4. The van der Waals surface area contributed by atoms with Crippen molar-refractivity contribution >= 4 is 33.2 Å². The normalized spacial score (nSPS) is 30.9. The minimum absolute atomic E-state index is 0.0514. The van der Waals surface area contributed by atoms with Gasteiger partial charge < -0.3 is 9.64 Å². The summed E-state index contributed by atoms with van der Waals surface area (Å²) in [4.78, 5) is 21.3. The lowest BCUT2D eigenvalue weighted by molar-refractivity contribution is -0.0413. The first-order valence-electron chi connectivity index (χ1n) is 18.8. The number of carbonyl (C=O) groups is 1. The molecule has 5 aliphatic rings. The van der Waals surface area contributed by atoms with Crippen LogP contribution in [0.1, 0.15) is 93.1 Å². The number of amides is 1. The van der Waals surface area contributed by atoms with Crippen molar-refractivity contribution in [3.8, 4) is 5.75 Å². The molecule has 4 aliphatic heterocycles. The summed E-state index contributed by atoms with van der Waals surface area (Å²) in [5.74, 6) is 1.91. The summed E-state index contributed by atoms with van der Waals surface area (Å²) in [5, 5.41) is 0.0734. The average molecular weight is 711 g/mol. The molecule has 5 atom stereocenters. The topological polar surface area (TPSA) is 82.2 Å². The lowest BCUT2D eigenvalue weighted by Gasteiger charge is -2.54. The molecule has 0 unspecified atom stereocenters. The Kier molecular flexibility index (Phi) is 10.3. The maximum atomic E-state index is 13.5. The van der Waals surface area contributed by atoms with E-state index in [1.807, 2.05) is 25.1 Å². The number of fused-ring (bicyclic) bond motifs is 3. The summed E-state index contributed by atoms with van der Waals surface area (Å²) in [5.41, 5.74) is 3.94. The van der Waals surface area contributed by atoms with E-state index in [0.717, 1.165) is 80.2 Å². The van der Waals surface area contributed by atoms with Gasteiger partial charge in [-0.2, -0.15) is 0 Å². The molecule has 0 aromatic heterocycles. The lowest BCUT2D eigenvalue weighted by Crippen LogP contribution is -2.67. The molecule has 1 N–H and O–H groups in total. The molecule has 10 heteroatoms. The number of rotatable bonds is 2. The molecule has 3 fully saturated rings. The van der Waals surface area contributed by atoms with E-state index >= 15 is 0 Å². The Balaban J connectivity index is 1.19. The zero-order chi connectivity index (χ0) is 34.3. The standard InChI is InChI=1S/C39H55ClN4O4S/c1-27-8-6-10-31(22-43-25-39(26-43)17-7-18-42(39)3)35-15-12-32(35)23-44-19-5-4-9-29-20-34(40)14-11-33(29)24-48-37-16-13-30(21-36(37)44)38(45)41-49(46,47)28(27)2/h11,13-14,16,20-21,27-28,31-32,35H,4-10,12,15,17-19,22-26H2,1-3H3,(H,41,45)/t27-,28+,31-,32-,35-/m0/s1. The number of benzene rings is 2. The molecular weight excluding hydrogens is 656 g/mol. The third kappa shape index (κ3) is 7.38. The van der Waals surface area contributed by atoms with Crippen molar-refractivity contribution in [3.05, 3.63) is 58.1 Å². The third-order valence-corrected chi connectivity index (χ3v) is 15.2. The molecule has 1 amide bonds. The molecule has 8 nitrogen and oxygen atoms in total. The highest BCUT2D eigenvalue weighted by Crippen LogP contribution is 2.46. The van der Waals surface area contributed by atoms with Crippen LogP contribution in [-0.2, 0) is 23.1 Å². The van der Waals surface area contributed by atoms with Crippen molar-refractivity contribution in [3.63, 3.8) is 0 Å². The van der Waals surface area contributed by atoms with Gasteiger partial charge in [-0.25, -0.2) is 13.1 Å². The molecule has 1 saturated carbocycles. The fourth-order valence-corrected chi connectivity index (χ4v) is 11.0. The minimum Gasteiger partial charge on any atom is -0.487 e. The number of hydrogen-bond donors (Lipinski definition) is 1. The molecular formula is C39H55ClN4O4S. The maximum Gasteiger partial charge on any atom is 0.264 e. The van der Waals surface area contributed by atoms with Crippen LogP contribution in [-0.4, -0.2) is 81.2 Å². The number of likely N-dealkylation sites (tertiary alicyclic amines) is 2. The fraction of sp³-hybridized carbons (Fsp3) is 0.667. The monoisotopic (exact) mass is 710 g/mol. The van der Waals surface area contributed by atoms with Crippen LogP contribution < -0.4 is 14.4 Å². The van der Waals surface area contributed by atoms with Crippen LogP contribution in [0, 0.1) is 23.7 Å². The largest absolute Gasteiger partial charge is 0.487 e. The second-order valence-corrected chi connectivity index (χ2v) is 18.5. The van der Waals surface area contributed by atoms with Gasteiger partial charge in [0.1, 0.15) is 12.4 Å². The van der Waals surface area contributed by atoms with Gasteiger partial charge in [0.15, 0.2) is 0 Å². The second-order valence-electron chi connectivity index (χ2n) is 16.1. The van der Waals surface area contributed by atoms with Crippen LogP contribution in [0.3, 0.4) is 0 Å². The number of carbonyl (C=O) groups excluding carboxylic acids is 1. The molecule has 49 heavy (non-hydrogen) atoms. The van der Waals surface area contributed by atoms with Gasteiger partial charge in [-0.15, -0.1) is 0 Å². The molecule has 2 saturated heterocycles. The highest BCUT2D eigenvalue weighted by molar-refractivity contribution is 7.90. The van der Waals surface area contributed by atoms with Crippen molar-refractivity contribution in [1.82, 2.24) is 14.5 Å². The number of nitrogens with zero attached hydrogens (tertiary/aromatic N) is 3. The SMILES string of the molecule is C[C@@H]1[C@@H](C)CCC[C@@H](CN2CC3(CCCN3C)C2)[C@@H]2CC[C@H]2CN2CCCCc3cc(Cl)ccc3COc3ccc(cc32)C(=O)NS1(=O)=O. The number of sulfonamides is 1. The minimum atomic E-state index is -3.86. The maximum absolute atomic E-state index is 13.5. The highest BCUT2D eigenvalue weighted by atomic mass is 35.5. The Bertz CT molecular complexity index is 1630. The summed E-state index contributed by atoms with van der Waals surface area (Å²) in [6.07, 6.45) is 11.0. The Hall–Kier alpha value is -2.33. The Morgan fingerprint density at radius 3 is 2.55 bits per heavy atom. The fourth-order valence-electron chi connectivity index (χ4n) is 9.49. The van der Waals surface area contributed by atoms with E-state index < -0.39 is 21.2 Å². The van der Waals surface area contributed by atoms with E-state index in [1.54, 1.807) is 13.0 Å². The smallest absolute Gasteiger partial charge is 0.264 e. The molecule has 2 aromatic carbocycles. The number of hydrogen-bond acceptors (Lipinski definition) is 7. The zero-order valence-electron chi connectivity index (χ0n) is 29.6.